The van der Waals surface area contributed by atoms with E-state index < -0.39 is 0 Å². The van der Waals surface area contributed by atoms with Gasteiger partial charge in [-0.05, 0) is 37.7 Å². The van der Waals surface area contributed by atoms with Crippen LogP contribution in [0.3, 0.4) is 0 Å². The van der Waals surface area contributed by atoms with Gasteiger partial charge < -0.3 is 15.0 Å². The smallest absolute Gasteiger partial charge is 0.341 e. The van der Waals surface area contributed by atoms with Crippen molar-refractivity contribution in [3.63, 3.8) is 0 Å². The van der Waals surface area contributed by atoms with Gasteiger partial charge in [0.1, 0.15) is 5.00 Å². The quantitative estimate of drug-likeness (QED) is 0.798. The van der Waals surface area contributed by atoms with Crippen molar-refractivity contribution in [3.8, 4) is 0 Å². The number of thiophene rings is 1. The van der Waals surface area contributed by atoms with Gasteiger partial charge in [0.25, 0.3) is 5.91 Å². The molecule has 0 saturated carbocycles. The van der Waals surface area contributed by atoms with E-state index in [1.54, 1.807) is 6.92 Å². The molecule has 0 saturated heterocycles. The average molecular weight is 325 g/mol. The van der Waals surface area contributed by atoms with Crippen LogP contribution in [0.25, 0.3) is 0 Å². The minimum absolute atomic E-state index is 0.0720. The van der Waals surface area contributed by atoms with Crippen molar-refractivity contribution in [2.24, 2.45) is 5.92 Å². The van der Waals surface area contributed by atoms with E-state index in [9.17, 15) is 9.59 Å². The molecule has 1 aliphatic carbocycles. The predicted octanol–water partition coefficient (Wildman–Crippen LogP) is 1.13. The van der Waals surface area contributed by atoms with E-state index in [4.69, 9.17) is 4.74 Å². The lowest BCUT2D eigenvalue weighted by atomic mass is 9.88. The Bertz CT molecular complexity index is 566. The summed E-state index contributed by atoms with van der Waals surface area (Å²) in [5.41, 5.74) is 1.66. The topological polar surface area (TPSA) is 59.8 Å². The largest absolute Gasteiger partial charge is 0.462 e. The number of anilines is 1. The molecule has 1 aliphatic rings. The molecular weight excluding hydrogens is 300 g/mol. The fourth-order valence-electron chi connectivity index (χ4n) is 2.75. The number of hydrogen-bond donors (Lipinski definition) is 2. The Morgan fingerprint density at radius 1 is 1.41 bits per heavy atom. The molecule has 2 rings (SSSR count). The Morgan fingerprint density at radius 2 is 2.14 bits per heavy atom. The first kappa shape index (κ1) is 17.0. The van der Waals surface area contributed by atoms with Crippen LogP contribution in [-0.2, 0) is 22.4 Å². The zero-order chi connectivity index (χ0) is 16.3. The number of fused-ring (bicyclic) bond motifs is 1. The molecular formula is C16H25N2O3S+. The summed E-state index contributed by atoms with van der Waals surface area (Å²) in [4.78, 5) is 26.6. The molecule has 0 unspecified atom stereocenters. The van der Waals surface area contributed by atoms with Crippen LogP contribution in [0.15, 0.2) is 0 Å². The fraction of sp³-hybridized carbons (Fsp3) is 0.625. The third-order valence-electron chi connectivity index (χ3n) is 3.76. The maximum absolute atomic E-state index is 12.3. The first-order valence-corrected chi connectivity index (χ1v) is 8.64. The van der Waals surface area contributed by atoms with Crippen molar-refractivity contribution >= 4 is 28.2 Å². The minimum Gasteiger partial charge on any atom is -0.462 e. The third-order valence-corrected chi connectivity index (χ3v) is 4.93. The van der Waals surface area contributed by atoms with Gasteiger partial charge in [0.15, 0.2) is 6.54 Å². The normalized spacial score (nSPS) is 17.2. The second-order valence-electron chi connectivity index (χ2n) is 6.21. The molecule has 0 fully saturated rings. The predicted molar refractivity (Wildman–Crippen MR) is 87.8 cm³/mol. The van der Waals surface area contributed by atoms with Gasteiger partial charge in [-0.25, -0.2) is 4.79 Å². The van der Waals surface area contributed by atoms with Gasteiger partial charge in [-0.2, -0.15) is 0 Å². The maximum Gasteiger partial charge on any atom is 0.341 e. The van der Waals surface area contributed by atoms with Gasteiger partial charge in [0.2, 0.25) is 0 Å². The number of quaternary nitrogens is 1. The lowest BCUT2D eigenvalue weighted by Gasteiger charge is -2.18. The number of rotatable bonds is 5. The van der Waals surface area contributed by atoms with Crippen LogP contribution in [-0.4, -0.2) is 39.1 Å². The maximum atomic E-state index is 12.3. The summed E-state index contributed by atoms with van der Waals surface area (Å²) in [6, 6.07) is 0. The highest BCUT2D eigenvalue weighted by Crippen LogP contribution is 2.39. The molecule has 0 aromatic carbocycles. The number of esters is 1. The van der Waals surface area contributed by atoms with Gasteiger partial charge in [-0.1, -0.05) is 6.92 Å². The first-order valence-electron chi connectivity index (χ1n) is 7.82. The second kappa shape index (κ2) is 7.24. The van der Waals surface area contributed by atoms with Gasteiger partial charge in [-0.3, -0.25) is 4.79 Å². The summed E-state index contributed by atoms with van der Waals surface area (Å²) >= 11 is 1.53. The lowest BCUT2D eigenvalue weighted by Crippen LogP contribution is -3.06. The van der Waals surface area contributed by atoms with E-state index in [-0.39, 0.29) is 11.9 Å². The number of amides is 1. The van der Waals surface area contributed by atoms with Gasteiger partial charge in [0, 0.05) is 4.88 Å². The Labute approximate surface area is 135 Å². The average Bonchev–Trinajstić information content (AvgIpc) is 2.74. The van der Waals surface area contributed by atoms with Crippen LogP contribution in [0.5, 0.6) is 0 Å². The van der Waals surface area contributed by atoms with Gasteiger partial charge in [0.05, 0.1) is 26.3 Å². The number of carbonyl (C=O) groups excluding carboxylic acids is 2. The third kappa shape index (κ3) is 3.87. The molecule has 1 aromatic rings. The number of nitrogens with one attached hydrogen (secondary N) is 2. The highest BCUT2D eigenvalue weighted by Gasteiger charge is 2.29. The molecule has 0 spiro atoms. The van der Waals surface area contributed by atoms with Crippen molar-refractivity contribution in [1.29, 1.82) is 0 Å². The molecule has 0 bridgehead atoms. The summed E-state index contributed by atoms with van der Waals surface area (Å²) < 4.78 is 5.19. The standard InChI is InChI=1S/C16H24N2O3S/c1-5-21-16(20)14-11-7-6-10(2)8-12(11)22-15(14)17-13(19)9-18(3)4/h10H,5-9H2,1-4H3,(H,17,19)/p+1/t10-/m0/s1. The molecule has 0 aliphatic heterocycles. The van der Waals surface area contributed by atoms with Crippen molar-refractivity contribution < 1.29 is 19.2 Å². The summed E-state index contributed by atoms with van der Waals surface area (Å²) in [6.07, 6.45) is 2.93. The van der Waals surface area contributed by atoms with E-state index in [0.717, 1.165) is 29.7 Å². The minimum atomic E-state index is -0.318. The Kier molecular flexibility index (Phi) is 5.58. The Morgan fingerprint density at radius 3 is 2.77 bits per heavy atom. The van der Waals surface area contributed by atoms with E-state index >= 15 is 0 Å². The Hall–Kier alpha value is -1.40. The number of hydrogen-bond acceptors (Lipinski definition) is 4. The number of carbonyl (C=O) groups is 2. The molecule has 0 radical (unpaired) electrons. The number of ether oxygens (including phenoxy) is 1. The zero-order valence-electron chi connectivity index (χ0n) is 13.7. The molecule has 2 N–H and O–H groups in total. The van der Waals surface area contributed by atoms with Crippen molar-refractivity contribution in [2.45, 2.75) is 33.1 Å². The molecule has 22 heavy (non-hydrogen) atoms. The van der Waals surface area contributed by atoms with Crippen LogP contribution in [0.4, 0.5) is 5.00 Å². The van der Waals surface area contributed by atoms with Crippen LogP contribution < -0.4 is 10.2 Å². The van der Waals surface area contributed by atoms with Crippen molar-refractivity contribution in [3.05, 3.63) is 16.0 Å². The molecule has 5 nitrogen and oxygen atoms in total. The highest BCUT2D eigenvalue weighted by atomic mass is 32.1. The van der Waals surface area contributed by atoms with E-state index in [1.807, 2.05) is 14.1 Å². The molecule has 1 atom stereocenters. The van der Waals surface area contributed by atoms with Crippen LogP contribution in [0.2, 0.25) is 0 Å². The monoisotopic (exact) mass is 325 g/mol. The van der Waals surface area contributed by atoms with Crippen LogP contribution >= 0.6 is 11.3 Å². The molecule has 1 heterocycles. The summed E-state index contributed by atoms with van der Waals surface area (Å²) in [5.74, 6) is 0.232. The first-order chi connectivity index (χ1) is 10.4. The summed E-state index contributed by atoms with van der Waals surface area (Å²) in [5, 5.41) is 3.57. The summed E-state index contributed by atoms with van der Waals surface area (Å²) in [7, 11) is 3.85. The molecule has 1 aromatic heterocycles. The molecule has 1 amide bonds. The van der Waals surface area contributed by atoms with Gasteiger partial charge in [-0.15, -0.1) is 11.3 Å². The lowest BCUT2D eigenvalue weighted by molar-refractivity contribution is -0.849. The molecule has 6 heteroatoms. The van der Waals surface area contributed by atoms with E-state index in [1.165, 1.54) is 16.2 Å². The number of likely N-dealkylation sites (N-methyl/N-ethyl adjacent to an activating group) is 1. The SMILES string of the molecule is CCOC(=O)c1c(NC(=O)C[NH+](C)C)sc2c1CC[C@H](C)C2. The molecule has 122 valence electrons. The van der Waals surface area contributed by atoms with E-state index in [0.29, 0.717) is 29.6 Å². The summed E-state index contributed by atoms with van der Waals surface area (Å²) in [6.45, 7) is 4.74. The zero-order valence-corrected chi connectivity index (χ0v) is 14.6. The van der Waals surface area contributed by atoms with Crippen molar-refractivity contribution in [1.82, 2.24) is 0 Å². The second-order valence-corrected chi connectivity index (χ2v) is 7.31. The Balaban J connectivity index is 2.31. The van der Waals surface area contributed by atoms with E-state index in [2.05, 4.69) is 12.2 Å². The van der Waals surface area contributed by atoms with Gasteiger partial charge >= 0.3 is 5.97 Å². The van der Waals surface area contributed by atoms with Crippen LogP contribution in [0, 0.1) is 5.92 Å². The van der Waals surface area contributed by atoms with Crippen LogP contribution in [0.1, 0.15) is 41.1 Å². The fourth-order valence-corrected chi connectivity index (χ4v) is 4.17. The van der Waals surface area contributed by atoms with Crippen molar-refractivity contribution in [2.75, 3.05) is 32.6 Å². The highest BCUT2D eigenvalue weighted by molar-refractivity contribution is 7.17.